The van der Waals surface area contributed by atoms with Crippen molar-refractivity contribution in [2.24, 2.45) is 4.99 Å². The third-order valence-electron chi connectivity index (χ3n) is 3.37. The SMILES string of the molecule is O=[N+]([O-])c1cc(C(F)(F)F)ccc1NCCN=Cc1cc(Cl)cc(Cl)c1O. The standard InChI is InChI=1S/C16H12Cl2F3N3O3/c17-11-5-9(15(25)12(18)7-11)8-22-3-4-23-13-2-1-10(16(19,20)21)6-14(13)24(26)27/h1-2,5-8,23,25H,3-4H2. The number of nitrogens with one attached hydrogen (secondary N) is 1. The molecule has 6 nitrogen and oxygen atoms in total. The minimum atomic E-state index is -4.67. The maximum atomic E-state index is 12.7. The van der Waals surface area contributed by atoms with E-state index in [0.29, 0.717) is 11.1 Å². The molecule has 2 N–H and O–H groups in total. The first kappa shape index (κ1) is 20.8. The Kier molecular flexibility index (Phi) is 6.50. The summed E-state index contributed by atoms with van der Waals surface area (Å²) in [6.07, 6.45) is -3.36. The lowest BCUT2D eigenvalue weighted by atomic mass is 10.1. The summed E-state index contributed by atoms with van der Waals surface area (Å²) in [4.78, 5) is 14.1. The topological polar surface area (TPSA) is 87.8 Å². The van der Waals surface area contributed by atoms with Gasteiger partial charge in [-0.25, -0.2) is 0 Å². The molecule has 0 radical (unpaired) electrons. The van der Waals surface area contributed by atoms with Crippen LogP contribution in [0.3, 0.4) is 0 Å². The molecular formula is C16H12Cl2F3N3O3. The Labute approximate surface area is 161 Å². The maximum Gasteiger partial charge on any atom is 0.416 e. The highest BCUT2D eigenvalue weighted by Crippen LogP contribution is 2.35. The van der Waals surface area contributed by atoms with Crippen molar-refractivity contribution in [2.45, 2.75) is 6.18 Å². The zero-order valence-electron chi connectivity index (χ0n) is 13.4. The number of aromatic hydroxyl groups is 1. The van der Waals surface area contributed by atoms with Crippen molar-refractivity contribution >= 4 is 40.8 Å². The van der Waals surface area contributed by atoms with Gasteiger partial charge in [0.2, 0.25) is 0 Å². The van der Waals surface area contributed by atoms with E-state index in [1.165, 1.54) is 18.3 Å². The molecule has 0 aromatic heterocycles. The van der Waals surface area contributed by atoms with E-state index in [1.807, 2.05) is 0 Å². The van der Waals surface area contributed by atoms with Gasteiger partial charge in [-0.1, -0.05) is 23.2 Å². The number of rotatable bonds is 6. The molecule has 0 aliphatic rings. The summed E-state index contributed by atoms with van der Waals surface area (Å²) in [5.74, 6) is -0.198. The first-order valence-electron chi connectivity index (χ1n) is 7.37. The van der Waals surface area contributed by atoms with Crippen molar-refractivity contribution in [3.05, 3.63) is 61.6 Å². The number of benzene rings is 2. The van der Waals surface area contributed by atoms with Crippen molar-refractivity contribution < 1.29 is 23.2 Å². The Hall–Kier alpha value is -2.52. The Balaban J connectivity index is 2.04. The van der Waals surface area contributed by atoms with Gasteiger partial charge in [-0.2, -0.15) is 13.2 Å². The van der Waals surface area contributed by atoms with Gasteiger partial charge in [0.05, 0.1) is 22.1 Å². The Morgan fingerprint density at radius 3 is 2.59 bits per heavy atom. The van der Waals surface area contributed by atoms with Crippen molar-refractivity contribution in [1.29, 1.82) is 0 Å². The summed E-state index contributed by atoms with van der Waals surface area (Å²) >= 11 is 11.6. The van der Waals surface area contributed by atoms with Crippen LogP contribution < -0.4 is 5.32 Å². The van der Waals surface area contributed by atoms with Crippen LogP contribution in [0.25, 0.3) is 0 Å². The molecule has 0 fully saturated rings. The highest BCUT2D eigenvalue weighted by Gasteiger charge is 2.32. The first-order valence-corrected chi connectivity index (χ1v) is 8.12. The second kappa shape index (κ2) is 8.45. The normalized spacial score (nSPS) is 11.7. The summed E-state index contributed by atoms with van der Waals surface area (Å²) in [7, 11) is 0. The monoisotopic (exact) mass is 421 g/mol. The van der Waals surface area contributed by atoms with Crippen LogP contribution in [0, 0.1) is 10.1 Å². The van der Waals surface area contributed by atoms with E-state index in [4.69, 9.17) is 23.2 Å². The number of phenolic OH excluding ortho intramolecular Hbond substituents is 1. The van der Waals surface area contributed by atoms with Crippen LogP contribution in [-0.2, 0) is 6.18 Å². The molecule has 0 aliphatic carbocycles. The van der Waals surface area contributed by atoms with Crippen LogP contribution in [0.4, 0.5) is 24.5 Å². The molecule has 0 saturated heterocycles. The molecule has 0 spiro atoms. The van der Waals surface area contributed by atoms with E-state index in [2.05, 4.69) is 10.3 Å². The Morgan fingerprint density at radius 2 is 1.96 bits per heavy atom. The second-order valence-electron chi connectivity index (χ2n) is 5.27. The van der Waals surface area contributed by atoms with Gasteiger partial charge in [-0.15, -0.1) is 0 Å². The highest BCUT2D eigenvalue weighted by atomic mass is 35.5. The lowest BCUT2D eigenvalue weighted by molar-refractivity contribution is -0.384. The van der Waals surface area contributed by atoms with Crippen molar-refractivity contribution in [1.82, 2.24) is 0 Å². The lowest BCUT2D eigenvalue weighted by Gasteiger charge is -2.10. The number of alkyl halides is 3. The Morgan fingerprint density at radius 1 is 1.26 bits per heavy atom. The van der Waals surface area contributed by atoms with Gasteiger partial charge in [0.15, 0.2) is 0 Å². The molecule has 0 atom stereocenters. The minimum absolute atomic E-state index is 0.0578. The molecule has 2 rings (SSSR count). The van der Waals surface area contributed by atoms with Gasteiger partial charge in [-0.05, 0) is 24.3 Å². The summed E-state index contributed by atoms with van der Waals surface area (Å²) in [5.41, 5.74) is -1.57. The van der Waals surface area contributed by atoms with Gasteiger partial charge >= 0.3 is 6.18 Å². The van der Waals surface area contributed by atoms with Crippen LogP contribution in [0.15, 0.2) is 35.3 Å². The van der Waals surface area contributed by atoms with Crippen LogP contribution in [0.5, 0.6) is 5.75 Å². The number of nitro benzene ring substituents is 1. The molecule has 0 amide bonds. The predicted octanol–water partition coefficient (Wildman–Crippen LogP) is 5.16. The Bertz CT molecular complexity index is 889. The number of phenols is 1. The predicted molar refractivity (Wildman–Crippen MR) is 97.2 cm³/mol. The molecule has 0 unspecified atom stereocenters. The van der Waals surface area contributed by atoms with Crippen LogP contribution in [0.1, 0.15) is 11.1 Å². The maximum absolute atomic E-state index is 12.7. The number of nitro groups is 1. The number of nitrogens with zero attached hydrogens (tertiary/aromatic N) is 2. The van der Waals surface area contributed by atoms with Crippen LogP contribution >= 0.6 is 23.2 Å². The van der Waals surface area contributed by atoms with Crippen LogP contribution in [-0.4, -0.2) is 29.3 Å². The molecule has 0 aliphatic heterocycles. The number of hydrogen-bond acceptors (Lipinski definition) is 5. The molecule has 2 aromatic rings. The van der Waals surface area contributed by atoms with E-state index in [0.717, 1.165) is 12.1 Å². The van der Waals surface area contributed by atoms with Crippen molar-refractivity contribution in [2.75, 3.05) is 18.4 Å². The molecule has 11 heteroatoms. The van der Waals surface area contributed by atoms with E-state index in [9.17, 15) is 28.4 Å². The molecule has 144 valence electrons. The largest absolute Gasteiger partial charge is 0.506 e. The molecule has 0 heterocycles. The van der Waals surface area contributed by atoms with E-state index in [1.54, 1.807) is 0 Å². The number of anilines is 1. The average molecular weight is 422 g/mol. The summed E-state index contributed by atoms with van der Waals surface area (Å²) < 4.78 is 38.0. The quantitative estimate of drug-likeness (QED) is 0.292. The fourth-order valence-corrected chi connectivity index (χ4v) is 2.62. The van der Waals surface area contributed by atoms with Crippen molar-refractivity contribution in [3.8, 4) is 5.75 Å². The van der Waals surface area contributed by atoms with E-state index in [-0.39, 0.29) is 35.1 Å². The molecule has 0 bridgehead atoms. The minimum Gasteiger partial charge on any atom is -0.506 e. The second-order valence-corrected chi connectivity index (χ2v) is 6.12. The fourth-order valence-electron chi connectivity index (χ4n) is 2.11. The lowest BCUT2D eigenvalue weighted by Crippen LogP contribution is -2.10. The van der Waals surface area contributed by atoms with E-state index >= 15 is 0 Å². The van der Waals surface area contributed by atoms with Gasteiger partial charge in [-0.3, -0.25) is 15.1 Å². The van der Waals surface area contributed by atoms with Gasteiger partial charge in [0.1, 0.15) is 11.4 Å². The van der Waals surface area contributed by atoms with Crippen LogP contribution in [0.2, 0.25) is 10.0 Å². The van der Waals surface area contributed by atoms with Gasteiger partial charge in [0.25, 0.3) is 5.69 Å². The fraction of sp³-hybridized carbons (Fsp3) is 0.188. The zero-order chi connectivity index (χ0) is 20.2. The smallest absolute Gasteiger partial charge is 0.416 e. The molecular weight excluding hydrogens is 410 g/mol. The molecule has 2 aromatic carbocycles. The third-order valence-corrected chi connectivity index (χ3v) is 3.87. The number of halogens is 5. The first-order chi connectivity index (χ1) is 12.6. The third kappa shape index (κ3) is 5.48. The van der Waals surface area contributed by atoms with Gasteiger partial charge < -0.3 is 10.4 Å². The molecule has 27 heavy (non-hydrogen) atoms. The highest BCUT2D eigenvalue weighted by molar-refractivity contribution is 6.36. The number of hydrogen-bond donors (Lipinski definition) is 2. The zero-order valence-corrected chi connectivity index (χ0v) is 14.9. The summed E-state index contributed by atoms with van der Waals surface area (Å²) in [6.45, 7) is 0.236. The average Bonchev–Trinajstić information content (AvgIpc) is 2.57. The van der Waals surface area contributed by atoms with E-state index < -0.39 is 22.4 Å². The van der Waals surface area contributed by atoms with Gasteiger partial charge in [0, 0.05) is 29.4 Å². The summed E-state index contributed by atoms with van der Waals surface area (Å²) in [6, 6.07) is 5.02. The molecule has 0 saturated carbocycles. The summed E-state index contributed by atoms with van der Waals surface area (Å²) in [5, 5.41) is 23.8. The number of aliphatic imine (C=N–C) groups is 1. The van der Waals surface area contributed by atoms with Crippen molar-refractivity contribution in [3.63, 3.8) is 0 Å².